The molecule has 0 radical (unpaired) electrons. The quantitative estimate of drug-likeness (QED) is 0.883. The van der Waals surface area contributed by atoms with Gasteiger partial charge >= 0.3 is 0 Å². The lowest BCUT2D eigenvalue weighted by molar-refractivity contribution is -0.123. The van der Waals surface area contributed by atoms with Crippen molar-refractivity contribution in [2.24, 2.45) is 11.1 Å². The Bertz CT molecular complexity index is 626. The van der Waals surface area contributed by atoms with Crippen molar-refractivity contribution in [1.82, 2.24) is 15.5 Å². The van der Waals surface area contributed by atoms with Crippen LogP contribution in [0.5, 0.6) is 0 Å². The highest BCUT2D eigenvalue weighted by Gasteiger charge is 2.16. The molecular formula is C16H22N4O2. The molecule has 2 aromatic rings. The number of amides is 1. The van der Waals surface area contributed by atoms with Crippen molar-refractivity contribution >= 4 is 5.91 Å². The standard InChI is InChI=1S/C16H22N4O2/c1-16(2,3)8-13(21)18-10-14-19-15(20-22-14)12-6-4-11(9-17)5-7-12/h4-7H,8-10,17H2,1-3H3,(H,18,21). The fourth-order valence-electron chi connectivity index (χ4n) is 1.95. The summed E-state index contributed by atoms with van der Waals surface area (Å²) in [5, 5.41) is 6.71. The van der Waals surface area contributed by atoms with E-state index in [0.717, 1.165) is 11.1 Å². The highest BCUT2D eigenvalue weighted by atomic mass is 16.5. The van der Waals surface area contributed by atoms with Gasteiger partial charge < -0.3 is 15.6 Å². The smallest absolute Gasteiger partial charge is 0.246 e. The first-order valence-electron chi connectivity index (χ1n) is 7.26. The van der Waals surface area contributed by atoms with Crippen LogP contribution >= 0.6 is 0 Å². The number of benzene rings is 1. The molecule has 0 saturated heterocycles. The lowest BCUT2D eigenvalue weighted by Gasteiger charge is -2.16. The van der Waals surface area contributed by atoms with Crippen molar-refractivity contribution in [1.29, 1.82) is 0 Å². The number of carbonyl (C=O) groups excluding carboxylic acids is 1. The van der Waals surface area contributed by atoms with E-state index in [2.05, 4.69) is 15.5 Å². The molecule has 0 unspecified atom stereocenters. The maximum absolute atomic E-state index is 11.8. The molecule has 1 heterocycles. The van der Waals surface area contributed by atoms with E-state index in [0.29, 0.717) is 24.7 Å². The third-order valence-corrected chi connectivity index (χ3v) is 3.04. The summed E-state index contributed by atoms with van der Waals surface area (Å²) in [4.78, 5) is 16.0. The van der Waals surface area contributed by atoms with Crippen LogP contribution in [0.1, 0.15) is 38.6 Å². The Kier molecular flexibility index (Phi) is 4.92. The molecular weight excluding hydrogens is 280 g/mol. The summed E-state index contributed by atoms with van der Waals surface area (Å²) in [6, 6.07) is 7.65. The predicted octanol–water partition coefficient (Wildman–Crippen LogP) is 2.25. The minimum Gasteiger partial charge on any atom is -0.347 e. The van der Waals surface area contributed by atoms with Gasteiger partial charge in [-0.3, -0.25) is 4.79 Å². The van der Waals surface area contributed by atoms with Crippen molar-refractivity contribution in [3.05, 3.63) is 35.7 Å². The Hall–Kier alpha value is -2.21. The fourth-order valence-corrected chi connectivity index (χ4v) is 1.95. The Labute approximate surface area is 130 Å². The minimum absolute atomic E-state index is 0.0282. The molecule has 0 aliphatic rings. The van der Waals surface area contributed by atoms with Gasteiger partial charge in [-0.25, -0.2) is 0 Å². The molecule has 1 aromatic heterocycles. The zero-order valence-corrected chi connectivity index (χ0v) is 13.2. The molecule has 0 aliphatic heterocycles. The number of rotatable bonds is 5. The van der Waals surface area contributed by atoms with Gasteiger partial charge in [0, 0.05) is 18.5 Å². The predicted molar refractivity (Wildman–Crippen MR) is 83.5 cm³/mol. The number of hydrogen-bond acceptors (Lipinski definition) is 5. The fraction of sp³-hybridized carbons (Fsp3) is 0.438. The van der Waals surface area contributed by atoms with E-state index in [1.807, 2.05) is 45.0 Å². The monoisotopic (exact) mass is 302 g/mol. The number of nitrogens with one attached hydrogen (secondary N) is 1. The third-order valence-electron chi connectivity index (χ3n) is 3.04. The van der Waals surface area contributed by atoms with Crippen molar-refractivity contribution in [2.45, 2.75) is 40.3 Å². The van der Waals surface area contributed by atoms with E-state index >= 15 is 0 Å². The average molecular weight is 302 g/mol. The maximum Gasteiger partial charge on any atom is 0.246 e. The van der Waals surface area contributed by atoms with Gasteiger partial charge in [0.1, 0.15) is 0 Å². The zero-order chi connectivity index (χ0) is 16.2. The Morgan fingerprint density at radius 3 is 2.55 bits per heavy atom. The third kappa shape index (κ3) is 4.66. The average Bonchev–Trinajstić information content (AvgIpc) is 2.92. The first kappa shape index (κ1) is 16.2. The topological polar surface area (TPSA) is 94.0 Å². The van der Waals surface area contributed by atoms with Crippen molar-refractivity contribution in [3.8, 4) is 11.4 Å². The van der Waals surface area contributed by atoms with Gasteiger partial charge in [0.05, 0.1) is 6.54 Å². The summed E-state index contributed by atoms with van der Waals surface area (Å²) in [5.74, 6) is 0.864. The normalized spacial score (nSPS) is 11.5. The van der Waals surface area contributed by atoms with Crippen LogP contribution in [-0.2, 0) is 17.9 Å². The minimum atomic E-state index is -0.0468. The summed E-state index contributed by atoms with van der Waals surface area (Å²) in [5.41, 5.74) is 7.42. The van der Waals surface area contributed by atoms with Gasteiger partial charge in [-0.1, -0.05) is 50.2 Å². The molecule has 2 rings (SSSR count). The summed E-state index contributed by atoms with van der Waals surface area (Å²) in [7, 11) is 0. The number of hydrogen-bond donors (Lipinski definition) is 2. The lowest BCUT2D eigenvalue weighted by Crippen LogP contribution is -2.27. The SMILES string of the molecule is CC(C)(C)CC(=O)NCc1nc(-c2ccc(CN)cc2)no1. The van der Waals surface area contributed by atoms with Crippen LogP contribution in [0.3, 0.4) is 0 Å². The molecule has 0 bridgehead atoms. The van der Waals surface area contributed by atoms with Gasteiger partial charge in [0.15, 0.2) is 0 Å². The second kappa shape index (κ2) is 6.70. The van der Waals surface area contributed by atoms with Crippen molar-refractivity contribution in [2.75, 3.05) is 0 Å². The van der Waals surface area contributed by atoms with E-state index in [-0.39, 0.29) is 17.9 Å². The Morgan fingerprint density at radius 1 is 1.27 bits per heavy atom. The Balaban J connectivity index is 1.95. The van der Waals surface area contributed by atoms with E-state index < -0.39 is 0 Å². The van der Waals surface area contributed by atoms with Gasteiger partial charge in [0.25, 0.3) is 0 Å². The van der Waals surface area contributed by atoms with Crippen LogP contribution in [0, 0.1) is 5.41 Å². The second-order valence-electron chi connectivity index (χ2n) is 6.43. The summed E-state index contributed by atoms with van der Waals surface area (Å²) >= 11 is 0. The second-order valence-corrected chi connectivity index (χ2v) is 6.43. The number of nitrogens with zero attached hydrogens (tertiary/aromatic N) is 2. The molecule has 3 N–H and O–H groups in total. The van der Waals surface area contributed by atoms with Gasteiger partial charge in [-0.15, -0.1) is 0 Å². The van der Waals surface area contributed by atoms with Crippen molar-refractivity contribution in [3.63, 3.8) is 0 Å². The molecule has 1 aromatic carbocycles. The highest BCUT2D eigenvalue weighted by molar-refractivity contribution is 5.76. The number of nitrogens with two attached hydrogens (primary N) is 1. The van der Waals surface area contributed by atoms with E-state index in [4.69, 9.17) is 10.3 Å². The first-order valence-corrected chi connectivity index (χ1v) is 7.26. The van der Waals surface area contributed by atoms with Crippen LogP contribution in [-0.4, -0.2) is 16.0 Å². The zero-order valence-electron chi connectivity index (χ0n) is 13.2. The van der Waals surface area contributed by atoms with Crippen LogP contribution in [0.25, 0.3) is 11.4 Å². The van der Waals surface area contributed by atoms with Gasteiger partial charge in [-0.2, -0.15) is 4.98 Å². The number of carbonyl (C=O) groups is 1. The molecule has 118 valence electrons. The maximum atomic E-state index is 11.8. The van der Waals surface area contributed by atoms with Crippen molar-refractivity contribution < 1.29 is 9.32 Å². The lowest BCUT2D eigenvalue weighted by atomic mass is 9.92. The first-order chi connectivity index (χ1) is 10.4. The largest absolute Gasteiger partial charge is 0.347 e. The highest BCUT2D eigenvalue weighted by Crippen LogP contribution is 2.18. The van der Waals surface area contributed by atoms with Crippen LogP contribution < -0.4 is 11.1 Å². The van der Waals surface area contributed by atoms with Crippen LogP contribution in [0.4, 0.5) is 0 Å². The molecule has 0 saturated carbocycles. The van der Waals surface area contributed by atoms with E-state index in [1.165, 1.54) is 0 Å². The molecule has 1 amide bonds. The molecule has 6 heteroatoms. The van der Waals surface area contributed by atoms with Gasteiger partial charge in [0.2, 0.25) is 17.6 Å². The summed E-state index contributed by atoms with van der Waals surface area (Å²) < 4.78 is 5.16. The molecule has 0 atom stereocenters. The Morgan fingerprint density at radius 2 is 1.95 bits per heavy atom. The molecule has 0 aliphatic carbocycles. The summed E-state index contributed by atoms with van der Waals surface area (Å²) in [6.45, 7) is 6.79. The van der Waals surface area contributed by atoms with Gasteiger partial charge in [-0.05, 0) is 11.0 Å². The van der Waals surface area contributed by atoms with Crippen LogP contribution in [0.15, 0.2) is 28.8 Å². The molecule has 6 nitrogen and oxygen atoms in total. The molecule has 0 spiro atoms. The van der Waals surface area contributed by atoms with E-state index in [9.17, 15) is 4.79 Å². The number of aromatic nitrogens is 2. The molecule has 22 heavy (non-hydrogen) atoms. The summed E-state index contributed by atoms with van der Waals surface area (Å²) in [6.07, 6.45) is 0.453. The molecule has 0 fully saturated rings. The van der Waals surface area contributed by atoms with Crippen LogP contribution in [0.2, 0.25) is 0 Å². The van der Waals surface area contributed by atoms with E-state index in [1.54, 1.807) is 0 Å².